The van der Waals surface area contributed by atoms with Crippen molar-refractivity contribution in [3.8, 4) is 0 Å². The van der Waals surface area contributed by atoms with E-state index in [4.69, 9.17) is 4.74 Å². The summed E-state index contributed by atoms with van der Waals surface area (Å²) in [7, 11) is 0. The molecule has 2 aliphatic rings. The highest BCUT2D eigenvalue weighted by Crippen LogP contribution is 2.36. The van der Waals surface area contributed by atoms with Gasteiger partial charge in [0.15, 0.2) is 0 Å². The predicted molar refractivity (Wildman–Crippen MR) is 75.9 cm³/mol. The summed E-state index contributed by atoms with van der Waals surface area (Å²) < 4.78 is 5.80. The fraction of sp³-hybridized carbons (Fsp3) is 1.00. The first kappa shape index (κ1) is 14.3. The number of piperidine rings is 1. The van der Waals surface area contributed by atoms with Crippen molar-refractivity contribution in [3.05, 3.63) is 0 Å². The SMILES string of the molecule is CCCNC1CCN(C2(C)CCOC2C)C(C)C1. The van der Waals surface area contributed by atoms with Crippen molar-refractivity contribution in [2.75, 3.05) is 19.7 Å². The van der Waals surface area contributed by atoms with E-state index in [1.54, 1.807) is 0 Å². The van der Waals surface area contributed by atoms with Gasteiger partial charge in [-0.05, 0) is 53.0 Å². The lowest BCUT2D eigenvalue weighted by Gasteiger charge is -2.48. The molecule has 3 heteroatoms. The van der Waals surface area contributed by atoms with Gasteiger partial charge in [0.1, 0.15) is 0 Å². The lowest BCUT2D eigenvalue weighted by atomic mass is 9.86. The highest BCUT2D eigenvalue weighted by Gasteiger charge is 2.45. The molecule has 2 saturated heterocycles. The minimum atomic E-state index is 0.259. The highest BCUT2D eigenvalue weighted by molar-refractivity contribution is 5.00. The molecule has 18 heavy (non-hydrogen) atoms. The van der Waals surface area contributed by atoms with Crippen LogP contribution in [0.4, 0.5) is 0 Å². The Kier molecular flexibility index (Phi) is 4.68. The van der Waals surface area contributed by atoms with Gasteiger partial charge < -0.3 is 10.1 Å². The smallest absolute Gasteiger partial charge is 0.0728 e. The van der Waals surface area contributed by atoms with E-state index in [9.17, 15) is 0 Å². The Morgan fingerprint density at radius 2 is 2.17 bits per heavy atom. The van der Waals surface area contributed by atoms with E-state index in [1.807, 2.05) is 0 Å². The largest absolute Gasteiger partial charge is 0.377 e. The van der Waals surface area contributed by atoms with E-state index in [2.05, 4.69) is 37.9 Å². The van der Waals surface area contributed by atoms with E-state index < -0.39 is 0 Å². The molecule has 2 heterocycles. The summed E-state index contributed by atoms with van der Waals surface area (Å²) >= 11 is 0. The van der Waals surface area contributed by atoms with Gasteiger partial charge in [0, 0.05) is 30.8 Å². The third kappa shape index (κ3) is 2.73. The van der Waals surface area contributed by atoms with Crippen molar-refractivity contribution in [1.82, 2.24) is 10.2 Å². The maximum absolute atomic E-state index is 5.80. The first-order valence-corrected chi connectivity index (χ1v) is 7.69. The monoisotopic (exact) mass is 254 g/mol. The van der Waals surface area contributed by atoms with Gasteiger partial charge in [0.25, 0.3) is 0 Å². The zero-order valence-electron chi connectivity index (χ0n) is 12.5. The molecule has 106 valence electrons. The van der Waals surface area contributed by atoms with Crippen molar-refractivity contribution >= 4 is 0 Å². The van der Waals surface area contributed by atoms with E-state index in [0.717, 1.165) is 19.2 Å². The molecule has 3 nitrogen and oxygen atoms in total. The third-order valence-corrected chi connectivity index (χ3v) is 5.07. The van der Waals surface area contributed by atoms with Crippen LogP contribution in [0.25, 0.3) is 0 Å². The van der Waals surface area contributed by atoms with Gasteiger partial charge in [-0.2, -0.15) is 0 Å². The molecule has 4 unspecified atom stereocenters. The topological polar surface area (TPSA) is 24.5 Å². The Balaban J connectivity index is 1.93. The van der Waals surface area contributed by atoms with Crippen molar-refractivity contribution in [2.24, 2.45) is 0 Å². The summed E-state index contributed by atoms with van der Waals surface area (Å²) in [5, 5.41) is 3.68. The Bertz CT molecular complexity index is 271. The molecule has 2 aliphatic heterocycles. The molecule has 0 bridgehead atoms. The van der Waals surface area contributed by atoms with Crippen LogP contribution in [-0.2, 0) is 4.74 Å². The Labute approximate surface area is 112 Å². The summed E-state index contributed by atoms with van der Waals surface area (Å²) in [6.07, 6.45) is 5.36. The van der Waals surface area contributed by atoms with Crippen molar-refractivity contribution in [2.45, 2.75) is 77.1 Å². The van der Waals surface area contributed by atoms with Gasteiger partial charge in [-0.15, -0.1) is 0 Å². The van der Waals surface area contributed by atoms with Crippen LogP contribution in [-0.4, -0.2) is 48.3 Å². The molecule has 2 fully saturated rings. The summed E-state index contributed by atoms with van der Waals surface area (Å²) in [5.41, 5.74) is 0.259. The fourth-order valence-corrected chi connectivity index (χ4v) is 3.67. The molecular formula is C15H30N2O. The molecule has 4 atom stereocenters. The van der Waals surface area contributed by atoms with Crippen LogP contribution in [0.3, 0.4) is 0 Å². The summed E-state index contributed by atoms with van der Waals surface area (Å²) in [6, 6.07) is 1.39. The van der Waals surface area contributed by atoms with Gasteiger partial charge in [-0.25, -0.2) is 0 Å². The van der Waals surface area contributed by atoms with Crippen molar-refractivity contribution in [3.63, 3.8) is 0 Å². The van der Waals surface area contributed by atoms with E-state index >= 15 is 0 Å². The average molecular weight is 254 g/mol. The second-order valence-electron chi connectivity index (χ2n) is 6.34. The van der Waals surface area contributed by atoms with Crippen LogP contribution >= 0.6 is 0 Å². The zero-order chi connectivity index (χ0) is 13.2. The van der Waals surface area contributed by atoms with Crippen LogP contribution in [0.1, 0.15) is 53.4 Å². The molecule has 0 spiro atoms. The lowest BCUT2D eigenvalue weighted by molar-refractivity contribution is -0.0207. The summed E-state index contributed by atoms with van der Waals surface area (Å²) in [5.74, 6) is 0. The van der Waals surface area contributed by atoms with Gasteiger partial charge in [-0.1, -0.05) is 6.92 Å². The zero-order valence-corrected chi connectivity index (χ0v) is 12.5. The van der Waals surface area contributed by atoms with E-state index in [-0.39, 0.29) is 5.54 Å². The molecule has 0 amide bonds. The number of nitrogens with one attached hydrogen (secondary N) is 1. The Morgan fingerprint density at radius 1 is 1.39 bits per heavy atom. The van der Waals surface area contributed by atoms with Crippen LogP contribution in [0, 0.1) is 0 Å². The Hall–Kier alpha value is -0.120. The molecule has 0 aromatic rings. The fourth-order valence-electron chi connectivity index (χ4n) is 3.67. The number of nitrogens with zero attached hydrogens (tertiary/aromatic N) is 1. The minimum Gasteiger partial charge on any atom is -0.377 e. The van der Waals surface area contributed by atoms with Crippen molar-refractivity contribution < 1.29 is 4.74 Å². The molecule has 0 saturated carbocycles. The van der Waals surface area contributed by atoms with Gasteiger partial charge in [-0.3, -0.25) is 4.90 Å². The minimum absolute atomic E-state index is 0.259. The van der Waals surface area contributed by atoms with Crippen LogP contribution in [0.2, 0.25) is 0 Å². The molecule has 0 aliphatic carbocycles. The number of hydrogen-bond acceptors (Lipinski definition) is 3. The van der Waals surface area contributed by atoms with E-state index in [1.165, 1.54) is 32.2 Å². The van der Waals surface area contributed by atoms with Crippen LogP contribution in [0.5, 0.6) is 0 Å². The molecule has 2 rings (SSSR count). The van der Waals surface area contributed by atoms with Crippen LogP contribution in [0.15, 0.2) is 0 Å². The first-order chi connectivity index (χ1) is 8.58. The van der Waals surface area contributed by atoms with Crippen molar-refractivity contribution in [1.29, 1.82) is 0 Å². The average Bonchev–Trinajstić information content (AvgIpc) is 2.68. The summed E-state index contributed by atoms with van der Waals surface area (Å²) in [6.45, 7) is 12.6. The molecule has 1 N–H and O–H groups in total. The predicted octanol–water partition coefficient (Wildman–Crippen LogP) is 2.41. The van der Waals surface area contributed by atoms with Gasteiger partial charge in [0.2, 0.25) is 0 Å². The lowest BCUT2D eigenvalue weighted by Crippen LogP contribution is -2.59. The number of likely N-dealkylation sites (tertiary alicyclic amines) is 1. The maximum atomic E-state index is 5.80. The molecule has 0 radical (unpaired) electrons. The number of hydrogen-bond donors (Lipinski definition) is 1. The molecule has 0 aromatic carbocycles. The van der Waals surface area contributed by atoms with E-state index in [0.29, 0.717) is 12.1 Å². The maximum Gasteiger partial charge on any atom is 0.0728 e. The Morgan fingerprint density at radius 3 is 2.72 bits per heavy atom. The second kappa shape index (κ2) is 5.89. The van der Waals surface area contributed by atoms with Gasteiger partial charge in [0.05, 0.1) is 6.10 Å². The summed E-state index contributed by atoms with van der Waals surface area (Å²) in [4.78, 5) is 2.70. The quantitative estimate of drug-likeness (QED) is 0.834. The van der Waals surface area contributed by atoms with Gasteiger partial charge >= 0.3 is 0 Å². The third-order valence-electron chi connectivity index (χ3n) is 5.07. The molecule has 0 aromatic heterocycles. The number of rotatable bonds is 4. The normalized spacial score (nSPS) is 42.3. The second-order valence-corrected chi connectivity index (χ2v) is 6.34. The number of ether oxygens (including phenoxy) is 1. The standard InChI is InChI=1S/C15H30N2O/c1-5-8-16-14-6-9-17(12(2)11-14)15(4)7-10-18-13(15)3/h12-14,16H,5-11H2,1-4H3. The first-order valence-electron chi connectivity index (χ1n) is 7.69. The van der Waals surface area contributed by atoms with Crippen LogP contribution < -0.4 is 5.32 Å². The highest BCUT2D eigenvalue weighted by atomic mass is 16.5. The molecular weight excluding hydrogens is 224 g/mol.